The lowest BCUT2D eigenvalue weighted by molar-refractivity contribution is -0.120. The zero-order chi connectivity index (χ0) is 21.6. The van der Waals surface area contributed by atoms with Gasteiger partial charge < -0.3 is 20.5 Å². The second-order valence-corrected chi connectivity index (χ2v) is 7.57. The standard InChI is InChI=1S/C21H24N2O5S/c1-12(2)18(19(22)24)23-20(25)14-7-5-6-8-17(14)29-21(26)13-9-10-15(27-3)16(11-13)28-4/h5-12,18H,1-4H3,(H2,22,24)(H,23,25). The van der Waals surface area contributed by atoms with Crippen molar-refractivity contribution in [2.24, 2.45) is 11.7 Å². The van der Waals surface area contributed by atoms with Crippen molar-refractivity contribution in [3.63, 3.8) is 0 Å². The summed E-state index contributed by atoms with van der Waals surface area (Å²) in [4.78, 5) is 37.5. The molecule has 3 N–H and O–H groups in total. The van der Waals surface area contributed by atoms with E-state index >= 15 is 0 Å². The van der Waals surface area contributed by atoms with Crippen LogP contribution in [0.3, 0.4) is 0 Å². The zero-order valence-corrected chi connectivity index (χ0v) is 17.5. The molecule has 2 rings (SSSR count). The molecule has 2 amide bonds. The van der Waals surface area contributed by atoms with Crippen LogP contribution in [0.25, 0.3) is 0 Å². The molecular weight excluding hydrogens is 392 g/mol. The van der Waals surface area contributed by atoms with Crippen molar-refractivity contribution < 1.29 is 23.9 Å². The maximum atomic E-state index is 12.8. The number of nitrogens with one attached hydrogen (secondary N) is 1. The molecule has 0 saturated heterocycles. The number of carbonyl (C=O) groups is 3. The van der Waals surface area contributed by atoms with Crippen molar-refractivity contribution in [2.75, 3.05) is 14.2 Å². The molecule has 29 heavy (non-hydrogen) atoms. The summed E-state index contributed by atoms with van der Waals surface area (Å²) >= 11 is 0.916. The molecule has 0 fully saturated rings. The summed E-state index contributed by atoms with van der Waals surface area (Å²) in [7, 11) is 3.00. The van der Waals surface area contributed by atoms with E-state index in [-0.39, 0.29) is 11.0 Å². The lowest BCUT2D eigenvalue weighted by Crippen LogP contribution is -2.47. The number of ether oxygens (including phenoxy) is 2. The van der Waals surface area contributed by atoms with Gasteiger partial charge in [-0.2, -0.15) is 0 Å². The van der Waals surface area contributed by atoms with Gasteiger partial charge in [0, 0.05) is 10.5 Å². The second kappa shape index (κ2) is 9.97. The highest BCUT2D eigenvalue weighted by atomic mass is 32.2. The first-order valence-electron chi connectivity index (χ1n) is 8.91. The minimum absolute atomic E-state index is 0.162. The minimum Gasteiger partial charge on any atom is -0.493 e. The van der Waals surface area contributed by atoms with E-state index < -0.39 is 17.9 Å². The first-order chi connectivity index (χ1) is 13.8. The van der Waals surface area contributed by atoms with Gasteiger partial charge in [-0.1, -0.05) is 26.0 Å². The topological polar surface area (TPSA) is 108 Å². The van der Waals surface area contributed by atoms with Crippen LogP contribution >= 0.6 is 11.8 Å². The van der Waals surface area contributed by atoms with E-state index in [9.17, 15) is 14.4 Å². The number of rotatable bonds is 8. The predicted octanol–water partition coefficient (Wildman–Crippen LogP) is 2.88. The monoisotopic (exact) mass is 416 g/mol. The van der Waals surface area contributed by atoms with Gasteiger partial charge in [0.1, 0.15) is 6.04 Å². The van der Waals surface area contributed by atoms with Crippen molar-refractivity contribution in [1.82, 2.24) is 5.32 Å². The smallest absolute Gasteiger partial charge is 0.253 e. The van der Waals surface area contributed by atoms with Crippen LogP contribution in [0.2, 0.25) is 0 Å². The number of nitrogens with two attached hydrogens (primary N) is 1. The first kappa shape index (κ1) is 22.3. The zero-order valence-electron chi connectivity index (χ0n) is 16.7. The van der Waals surface area contributed by atoms with Gasteiger partial charge in [-0.25, -0.2) is 0 Å². The fourth-order valence-electron chi connectivity index (χ4n) is 2.65. The lowest BCUT2D eigenvalue weighted by atomic mass is 10.0. The summed E-state index contributed by atoms with van der Waals surface area (Å²) < 4.78 is 10.4. The van der Waals surface area contributed by atoms with Crippen molar-refractivity contribution >= 4 is 28.7 Å². The number of hydrogen-bond donors (Lipinski definition) is 2. The Labute approximate surface area is 173 Å². The van der Waals surface area contributed by atoms with E-state index in [1.807, 2.05) is 0 Å². The van der Waals surface area contributed by atoms with Crippen molar-refractivity contribution in [1.29, 1.82) is 0 Å². The van der Waals surface area contributed by atoms with E-state index in [0.29, 0.717) is 27.5 Å². The van der Waals surface area contributed by atoms with Gasteiger partial charge in [0.05, 0.1) is 19.8 Å². The third-order valence-corrected chi connectivity index (χ3v) is 5.21. The Morgan fingerprint density at radius 3 is 2.24 bits per heavy atom. The van der Waals surface area contributed by atoms with Crippen LogP contribution in [-0.4, -0.2) is 37.2 Å². The number of amides is 2. The predicted molar refractivity (Wildman–Crippen MR) is 111 cm³/mol. The van der Waals surface area contributed by atoms with Crippen LogP contribution < -0.4 is 20.5 Å². The average Bonchev–Trinajstić information content (AvgIpc) is 2.71. The van der Waals surface area contributed by atoms with Crippen LogP contribution in [0.15, 0.2) is 47.4 Å². The average molecular weight is 416 g/mol. The second-order valence-electron chi connectivity index (χ2n) is 6.55. The highest BCUT2D eigenvalue weighted by Crippen LogP contribution is 2.32. The van der Waals surface area contributed by atoms with Gasteiger partial charge in [-0.05, 0) is 48.0 Å². The van der Waals surface area contributed by atoms with Gasteiger partial charge in [0.25, 0.3) is 5.91 Å². The molecule has 0 aliphatic rings. The maximum Gasteiger partial charge on any atom is 0.253 e. The Balaban J connectivity index is 2.25. The molecule has 0 aliphatic carbocycles. The van der Waals surface area contributed by atoms with Crippen LogP contribution in [0.4, 0.5) is 0 Å². The molecule has 0 spiro atoms. The Kier molecular flexibility index (Phi) is 7.67. The van der Waals surface area contributed by atoms with Gasteiger partial charge >= 0.3 is 0 Å². The molecule has 2 aromatic rings. The Morgan fingerprint density at radius 2 is 1.66 bits per heavy atom. The number of primary amides is 1. The molecule has 1 atom stereocenters. The molecule has 0 radical (unpaired) electrons. The highest BCUT2D eigenvalue weighted by molar-refractivity contribution is 8.14. The van der Waals surface area contributed by atoms with Gasteiger partial charge in [0.15, 0.2) is 11.5 Å². The number of carbonyl (C=O) groups excluding carboxylic acids is 3. The minimum atomic E-state index is -0.804. The summed E-state index contributed by atoms with van der Waals surface area (Å²) in [6.45, 7) is 3.58. The summed E-state index contributed by atoms with van der Waals surface area (Å²) in [6, 6.07) is 10.7. The largest absolute Gasteiger partial charge is 0.493 e. The molecule has 1 unspecified atom stereocenters. The van der Waals surface area contributed by atoms with Crippen LogP contribution in [0.5, 0.6) is 11.5 Å². The highest BCUT2D eigenvalue weighted by Gasteiger charge is 2.24. The molecule has 0 saturated carbocycles. The molecule has 2 aromatic carbocycles. The number of hydrogen-bond acceptors (Lipinski definition) is 6. The molecule has 154 valence electrons. The van der Waals surface area contributed by atoms with Crippen LogP contribution in [-0.2, 0) is 4.79 Å². The number of methoxy groups -OCH3 is 2. The van der Waals surface area contributed by atoms with E-state index in [1.54, 1.807) is 56.3 Å². The van der Waals surface area contributed by atoms with Crippen LogP contribution in [0.1, 0.15) is 34.6 Å². The van der Waals surface area contributed by atoms with Gasteiger partial charge in [0.2, 0.25) is 11.0 Å². The van der Waals surface area contributed by atoms with Crippen molar-refractivity contribution in [2.45, 2.75) is 24.8 Å². The van der Waals surface area contributed by atoms with Crippen molar-refractivity contribution in [3.8, 4) is 11.5 Å². The fraction of sp³-hybridized carbons (Fsp3) is 0.286. The van der Waals surface area contributed by atoms with E-state index in [4.69, 9.17) is 15.2 Å². The first-order valence-corrected chi connectivity index (χ1v) is 9.73. The molecule has 0 heterocycles. The van der Waals surface area contributed by atoms with Gasteiger partial charge in [-0.15, -0.1) is 0 Å². The summed E-state index contributed by atoms with van der Waals surface area (Å²) in [5, 5.41) is 2.38. The van der Waals surface area contributed by atoms with Crippen molar-refractivity contribution in [3.05, 3.63) is 53.6 Å². The van der Waals surface area contributed by atoms with Crippen LogP contribution in [0, 0.1) is 5.92 Å². The van der Waals surface area contributed by atoms with E-state index in [2.05, 4.69) is 5.32 Å². The number of benzene rings is 2. The third-order valence-electron chi connectivity index (χ3n) is 4.21. The molecule has 0 aliphatic heterocycles. The Morgan fingerprint density at radius 1 is 1.00 bits per heavy atom. The molecular formula is C21H24N2O5S. The normalized spacial score (nSPS) is 11.6. The lowest BCUT2D eigenvalue weighted by Gasteiger charge is -2.19. The SMILES string of the molecule is COc1ccc(C(=O)Sc2ccccc2C(=O)NC(C(N)=O)C(C)C)cc1OC. The Bertz CT molecular complexity index is 914. The summed E-state index contributed by atoms with van der Waals surface area (Å²) in [5.41, 5.74) is 6.07. The van der Waals surface area contributed by atoms with E-state index in [1.165, 1.54) is 14.2 Å². The Hall–Kier alpha value is -3.00. The van der Waals surface area contributed by atoms with E-state index in [0.717, 1.165) is 11.8 Å². The maximum absolute atomic E-state index is 12.8. The molecule has 0 aromatic heterocycles. The quantitative estimate of drug-likeness (QED) is 0.641. The molecule has 8 heteroatoms. The van der Waals surface area contributed by atoms with Gasteiger partial charge in [-0.3, -0.25) is 14.4 Å². The summed E-state index contributed by atoms with van der Waals surface area (Å²) in [5.74, 6) is -0.290. The number of thioether (sulfide) groups is 1. The summed E-state index contributed by atoms with van der Waals surface area (Å²) in [6.07, 6.45) is 0. The third kappa shape index (κ3) is 5.51. The molecule has 7 nitrogen and oxygen atoms in total. The fourth-order valence-corrected chi connectivity index (χ4v) is 3.51. The molecule has 0 bridgehead atoms.